The van der Waals surface area contributed by atoms with E-state index in [-0.39, 0.29) is 6.29 Å². The average molecular weight is 317 g/mol. The van der Waals surface area contributed by atoms with Gasteiger partial charge in [-0.1, -0.05) is 30.3 Å². The Labute approximate surface area is 138 Å². The molecule has 126 valence electrons. The smallest absolute Gasteiger partial charge is 0.190 e. The minimum atomic E-state index is 0.0959. The molecule has 1 saturated heterocycles. The van der Waals surface area contributed by atoms with Crippen molar-refractivity contribution >= 4 is 12.2 Å². The van der Waals surface area contributed by atoms with Crippen LogP contribution in [0.4, 0.5) is 0 Å². The third kappa shape index (κ3) is 5.88. The zero-order chi connectivity index (χ0) is 16.3. The summed E-state index contributed by atoms with van der Waals surface area (Å²) in [6.07, 6.45) is 3.01. The van der Waals surface area contributed by atoms with Crippen molar-refractivity contribution < 1.29 is 0 Å². The Kier molecular flexibility index (Phi) is 7.35. The summed E-state index contributed by atoms with van der Waals surface area (Å²) in [5.41, 5.74) is 1.11. The Morgan fingerprint density at radius 3 is 2.91 bits per heavy atom. The molecule has 7 heteroatoms. The molecule has 0 saturated carbocycles. The van der Waals surface area contributed by atoms with Gasteiger partial charge in [0.15, 0.2) is 12.2 Å². The van der Waals surface area contributed by atoms with Gasteiger partial charge in [0.05, 0.1) is 12.8 Å². The molecule has 0 radical (unpaired) electrons. The summed E-state index contributed by atoms with van der Waals surface area (Å²) in [4.78, 5) is 4.08. The minimum Gasteiger partial charge on any atom is -0.359 e. The standard InChI is InChI=1S/C16H27N7/c1-17-15(18-2)19-9-6-10-20-16-21-11-12-23(16)22-13-14-7-4-3-5-8-14/h3-5,7-8,13,16,20-21H,6,9-12H2,1-2H3,(H2,17,18,19). The fraction of sp³-hybridized carbons (Fsp3) is 0.500. The van der Waals surface area contributed by atoms with Crippen molar-refractivity contribution in [3.8, 4) is 0 Å². The highest BCUT2D eigenvalue weighted by Gasteiger charge is 2.20. The normalized spacial score (nSPS) is 18.6. The lowest BCUT2D eigenvalue weighted by atomic mass is 10.2. The minimum absolute atomic E-state index is 0.0959. The second-order valence-corrected chi connectivity index (χ2v) is 5.23. The molecular weight excluding hydrogens is 290 g/mol. The van der Waals surface area contributed by atoms with Crippen LogP contribution in [0.15, 0.2) is 40.4 Å². The van der Waals surface area contributed by atoms with Gasteiger partial charge in [-0.05, 0) is 18.5 Å². The Balaban J connectivity index is 1.69. The van der Waals surface area contributed by atoms with Gasteiger partial charge in [-0.25, -0.2) is 0 Å². The molecule has 0 aliphatic carbocycles. The lowest BCUT2D eigenvalue weighted by Crippen LogP contribution is -2.46. The van der Waals surface area contributed by atoms with Gasteiger partial charge < -0.3 is 10.6 Å². The molecule has 1 aliphatic rings. The maximum Gasteiger partial charge on any atom is 0.190 e. The van der Waals surface area contributed by atoms with Crippen molar-refractivity contribution in [3.05, 3.63) is 35.9 Å². The second kappa shape index (κ2) is 9.81. The summed E-state index contributed by atoms with van der Waals surface area (Å²) in [6.45, 7) is 3.63. The Morgan fingerprint density at radius 2 is 2.17 bits per heavy atom. The SMILES string of the molecule is CN=C(NC)NCCCNC1NCCN1N=Cc1ccccc1. The molecule has 1 aromatic carbocycles. The summed E-state index contributed by atoms with van der Waals surface area (Å²) < 4.78 is 0. The number of hydrogen-bond donors (Lipinski definition) is 4. The molecule has 0 amide bonds. The number of hydrogen-bond acceptors (Lipinski definition) is 5. The first kappa shape index (κ1) is 17.2. The first-order valence-corrected chi connectivity index (χ1v) is 8.04. The predicted molar refractivity (Wildman–Crippen MR) is 95.6 cm³/mol. The van der Waals surface area contributed by atoms with E-state index in [1.807, 2.05) is 36.5 Å². The van der Waals surface area contributed by atoms with Gasteiger partial charge in [-0.3, -0.25) is 20.6 Å². The average Bonchev–Trinajstić information content (AvgIpc) is 3.04. The summed E-state index contributed by atoms with van der Waals surface area (Å²) >= 11 is 0. The topological polar surface area (TPSA) is 76.1 Å². The fourth-order valence-corrected chi connectivity index (χ4v) is 2.35. The second-order valence-electron chi connectivity index (χ2n) is 5.23. The predicted octanol–water partition coefficient (Wildman–Crippen LogP) is -0.0162. The lowest BCUT2D eigenvalue weighted by Gasteiger charge is -2.22. The molecule has 0 aromatic heterocycles. The first-order valence-electron chi connectivity index (χ1n) is 8.04. The van der Waals surface area contributed by atoms with Crippen LogP contribution in [0.3, 0.4) is 0 Å². The fourth-order valence-electron chi connectivity index (χ4n) is 2.35. The third-order valence-electron chi connectivity index (χ3n) is 3.58. The van der Waals surface area contributed by atoms with E-state index < -0.39 is 0 Å². The molecular formula is C16H27N7. The summed E-state index contributed by atoms with van der Waals surface area (Å²) in [6, 6.07) is 10.2. The quantitative estimate of drug-likeness (QED) is 0.323. The van der Waals surface area contributed by atoms with Crippen molar-refractivity contribution in [2.75, 3.05) is 40.3 Å². The number of rotatable bonds is 7. The van der Waals surface area contributed by atoms with Crippen molar-refractivity contribution in [2.45, 2.75) is 12.7 Å². The molecule has 1 atom stereocenters. The van der Waals surface area contributed by atoms with E-state index >= 15 is 0 Å². The number of hydrazone groups is 1. The van der Waals surface area contributed by atoms with E-state index in [9.17, 15) is 0 Å². The van der Waals surface area contributed by atoms with Crippen LogP contribution in [-0.4, -0.2) is 63.7 Å². The van der Waals surface area contributed by atoms with Gasteiger partial charge in [0.1, 0.15) is 0 Å². The van der Waals surface area contributed by atoms with E-state index in [4.69, 9.17) is 0 Å². The van der Waals surface area contributed by atoms with E-state index in [1.165, 1.54) is 0 Å². The van der Waals surface area contributed by atoms with Crippen LogP contribution < -0.4 is 21.3 Å². The van der Waals surface area contributed by atoms with Crippen LogP contribution in [0.25, 0.3) is 0 Å². The van der Waals surface area contributed by atoms with Crippen LogP contribution in [0.2, 0.25) is 0 Å². The molecule has 1 unspecified atom stereocenters. The molecule has 2 rings (SSSR count). The Bertz CT molecular complexity index is 500. The Hall–Kier alpha value is -2.12. The molecule has 23 heavy (non-hydrogen) atoms. The van der Waals surface area contributed by atoms with Crippen molar-refractivity contribution in [1.82, 2.24) is 26.3 Å². The van der Waals surface area contributed by atoms with Crippen LogP contribution in [-0.2, 0) is 0 Å². The zero-order valence-electron chi connectivity index (χ0n) is 13.9. The van der Waals surface area contributed by atoms with E-state index in [2.05, 4.69) is 43.5 Å². The largest absolute Gasteiger partial charge is 0.359 e. The molecule has 1 aromatic rings. The van der Waals surface area contributed by atoms with E-state index in [1.54, 1.807) is 7.05 Å². The third-order valence-corrected chi connectivity index (χ3v) is 3.58. The maximum atomic E-state index is 4.57. The number of guanidine groups is 1. The van der Waals surface area contributed by atoms with Crippen LogP contribution in [0.5, 0.6) is 0 Å². The summed E-state index contributed by atoms with van der Waals surface area (Å²) in [5, 5.41) is 19.7. The molecule has 0 spiro atoms. The molecule has 1 heterocycles. The summed E-state index contributed by atoms with van der Waals surface area (Å²) in [7, 11) is 3.63. The van der Waals surface area contributed by atoms with E-state index in [0.717, 1.165) is 44.1 Å². The maximum absolute atomic E-state index is 4.57. The highest BCUT2D eigenvalue weighted by atomic mass is 15.6. The Morgan fingerprint density at radius 1 is 1.35 bits per heavy atom. The zero-order valence-corrected chi connectivity index (χ0v) is 13.9. The molecule has 0 bridgehead atoms. The van der Waals surface area contributed by atoms with Crippen LogP contribution >= 0.6 is 0 Å². The lowest BCUT2D eigenvalue weighted by molar-refractivity contribution is 0.214. The van der Waals surface area contributed by atoms with Gasteiger partial charge in [0.2, 0.25) is 0 Å². The van der Waals surface area contributed by atoms with Crippen LogP contribution in [0, 0.1) is 0 Å². The number of aliphatic imine (C=N–C) groups is 1. The highest BCUT2D eigenvalue weighted by molar-refractivity contribution is 5.79. The molecule has 1 aliphatic heterocycles. The van der Waals surface area contributed by atoms with Gasteiger partial charge >= 0.3 is 0 Å². The highest BCUT2D eigenvalue weighted by Crippen LogP contribution is 2.02. The summed E-state index contributed by atoms with van der Waals surface area (Å²) in [5.74, 6) is 0.818. The van der Waals surface area contributed by atoms with Gasteiger partial charge in [0, 0.05) is 27.2 Å². The van der Waals surface area contributed by atoms with Crippen molar-refractivity contribution in [3.63, 3.8) is 0 Å². The van der Waals surface area contributed by atoms with Crippen molar-refractivity contribution in [2.24, 2.45) is 10.1 Å². The molecule has 7 nitrogen and oxygen atoms in total. The number of nitrogens with one attached hydrogen (secondary N) is 4. The van der Waals surface area contributed by atoms with Crippen LogP contribution in [0.1, 0.15) is 12.0 Å². The van der Waals surface area contributed by atoms with E-state index in [0.29, 0.717) is 0 Å². The first-order chi connectivity index (χ1) is 11.3. The number of benzene rings is 1. The monoisotopic (exact) mass is 317 g/mol. The van der Waals surface area contributed by atoms with Gasteiger partial charge in [0.25, 0.3) is 0 Å². The van der Waals surface area contributed by atoms with Crippen molar-refractivity contribution in [1.29, 1.82) is 0 Å². The van der Waals surface area contributed by atoms with Gasteiger partial charge in [-0.15, -0.1) is 0 Å². The number of nitrogens with zero attached hydrogens (tertiary/aromatic N) is 3. The molecule has 1 fully saturated rings. The van der Waals surface area contributed by atoms with Gasteiger partial charge in [-0.2, -0.15) is 5.10 Å². The molecule has 4 N–H and O–H groups in total.